The number of hydrogen-bond acceptors (Lipinski definition) is 9. The van der Waals surface area contributed by atoms with Gasteiger partial charge in [0.05, 0.1) is 16.6 Å². The van der Waals surface area contributed by atoms with Gasteiger partial charge in [-0.1, -0.05) is 25.3 Å². The number of likely N-dealkylation sites (N-methyl/N-ethyl adjacent to an activating group) is 1. The Bertz CT molecular complexity index is 1780. The van der Waals surface area contributed by atoms with Crippen LogP contribution >= 0.6 is 0 Å². The van der Waals surface area contributed by atoms with E-state index in [9.17, 15) is 14.4 Å². The van der Waals surface area contributed by atoms with Crippen molar-refractivity contribution in [2.75, 3.05) is 43.9 Å². The molecule has 0 spiro atoms. The maximum absolute atomic E-state index is 15.7. The molecule has 1 aliphatic heterocycles. The number of rotatable bonds is 11. The highest BCUT2D eigenvalue weighted by Gasteiger charge is 2.33. The first-order valence-electron chi connectivity index (χ1n) is 17.0. The normalized spacial score (nSPS) is 17.0. The van der Waals surface area contributed by atoms with Crippen LogP contribution in [0.1, 0.15) is 55.1 Å². The number of anilines is 2. The molecule has 1 aromatic carbocycles. The molecule has 258 valence electrons. The first kappa shape index (κ1) is 33.9. The van der Waals surface area contributed by atoms with E-state index in [1.165, 1.54) is 18.5 Å². The van der Waals surface area contributed by atoms with Gasteiger partial charge in [0, 0.05) is 57.7 Å². The van der Waals surface area contributed by atoms with Gasteiger partial charge in [0.1, 0.15) is 35.7 Å². The summed E-state index contributed by atoms with van der Waals surface area (Å²) in [5.74, 6) is -1.21. The minimum atomic E-state index is -0.834. The summed E-state index contributed by atoms with van der Waals surface area (Å²) >= 11 is 0. The number of pyridine rings is 1. The molecule has 1 aliphatic carbocycles. The number of amides is 3. The van der Waals surface area contributed by atoms with Gasteiger partial charge < -0.3 is 25.8 Å². The Morgan fingerprint density at radius 3 is 2.55 bits per heavy atom. The summed E-state index contributed by atoms with van der Waals surface area (Å²) in [4.78, 5) is 57.7. The van der Waals surface area contributed by atoms with Crippen molar-refractivity contribution in [2.45, 2.75) is 64.1 Å². The van der Waals surface area contributed by atoms with E-state index in [4.69, 9.17) is 0 Å². The predicted molar refractivity (Wildman–Crippen MR) is 183 cm³/mol. The Morgan fingerprint density at radius 2 is 1.80 bits per heavy atom. The van der Waals surface area contributed by atoms with Crippen LogP contribution in [0.15, 0.2) is 55.2 Å². The van der Waals surface area contributed by atoms with Crippen molar-refractivity contribution in [2.24, 2.45) is 5.92 Å². The van der Waals surface area contributed by atoms with Crippen molar-refractivity contribution in [1.82, 2.24) is 39.8 Å². The number of carbonyl (C=O) groups is 3. The van der Waals surface area contributed by atoms with E-state index < -0.39 is 29.7 Å². The van der Waals surface area contributed by atoms with Crippen molar-refractivity contribution >= 4 is 40.1 Å². The van der Waals surface area contributed by atoms with Gasteiger partial charge in [-0.3, -0.25) is 24.0 Å². The fourth-order valence-corrected chi connectivity index (χ4v) is 6.72. The first-order valence-corrected chi connectivity index (χ1v) is 17.0. The van der Waals surface area contributed by atoms with Crippen LogP contribution < -0.4 is 16.0 Å². The molecule has 1 saturated heterocycles. The zero-order valence-electron chi connectivity index (χ0n) is 27.9. The number of piperazine rings is 1. The van der Waals surface area contributed by atoms with E-state index in [1.807, 2.05) is 18.9 Å². The monoisotopic (exact) mass is 670 g/mol. The van der Waals surface area contributed by atoms with Crippen LogP contribution in [0.2, 0.25) is 0 Å². The van der Waals surface area contributed by atoms with E-state index in [0.29, 0.717) is 47.6 Å². The van der Waals surface area contributed by atoms with Crippen LogP contribution in [-0.4, -0.2) is 97.6 Å². The van der Waals surface area contributed by atoms with E-state index in [1.54, 1.807) is 41.5 Å². The molecule has 4 heterocycles. The highest BCUT2D eigenvalue weighted by molar-refractivity contribution is 6.01. The maximum Gasteiger partial charge on any atom is 0.270 e. The molecule has 13 nitrogen and oxygen atoms in total. The molecule has 4 aromatic rings. The van der Waals surface area contributed by atoms with Crippen LogP contribution in [0.3, 0.4) is 0 Å². The number of halogens is 1. The van der Waals surface area contributed by atoms with Gasteiger partial charge in [-0.15, -0.1) is 0 Å². The molecule has 14 heteroatoms. The Kier molecular flexibility index (Phi) is 10.7. The van der Waals surface area contributed by atoms with Crippen molar-refractivity contribution in [3.8, 4) is 0 Å². The van der Waals surface area contributed by atoms with Crippen molar-refractivity contribution in [1.29, 1.82) is 0 Å². The Morgan fingerprint density at radius 1 is 1.00 bits per heavy atom. The van der Waals surface area contributed by atoms with Crippen LogP contribution in [0.25, 0.3) is 10.9 Å². The molecular formula is C35H43FN10O3. The fourth-order valence-electron chi connectivity index (χ4n) is 6.72. The summed E-state index contributed by atoms with van der Waals surface area (Å²) in [5.41, 5.74) is 1.62. The minimum Gasteiger partial charge on any atom is -0.357 e. The summed E-state index contributed by atoms with van der Waals surface area (Å²) < 4.78 is 17.3. The van der Waals surface area contributed by atoms with Gasteiger partial charge in [0.2, 0.25) is 11.8 Å². The van der Waals surface area contributed by atoms with Crippen LogP contribution in [-0.2, 0) is 22.6 Å². The Labute approximate surface area is 284 Å². The van der Waals surface area contributed by atoms with Gasteiger partial charge in [-0.05, 0) is 62.6 Å². The second-order valence-electron chi connectivity index (χ2n) is 12.8. The third-order valence-corrected chi connectivity index (χ3v) is 9.53. The topological polar surface area (TPSA) is 150 Å². The fraction of sp³-hybridized carbons (Fsp3) is 0.457. The molecule has 1 saturated carbocycles. The highest BCUT2D eigenvalue weighted by atomic mass is 19.1. The van der Waals surface area contributed by atoms with Gasteiger partial charge >= 0.3 is 0 Å². The molecule has 49 heavy (non-hydrogen) atoms. The number of carbonyl (C=O) groups excluding carboxylic acids is 3. The first-order chi connectivity index (χ1) is 23.8. The smallest absolute Gasteiger partial charge is 0.270 e. The summed E-state index contributed by atoms with van der Waals surface area (Å²) in [7, 11) is 2.02. The third-order valence-electron chi connectivity index (χ3n) is 9.53. The molecule has 2 atom stereocenters. The van der Waals surface area contributed by atoms with Crippen molar-refractivity contribution in [3.63, 3.8) is 0 Å². The molecular weight excluding hydrogens is 627 g/mol. The van der Waals surface area contributed by atoms with E-state index >= 15 is 4.39 Å². The van der Waals surface area contributed by atoms with Gasteiger partial charge in [0.25, 0.3) is 5.91 Å². The number of nitrogens with one attached hydrogen (secondary N) is 3. The standard InChI is InChI=1S/C35H43FN10O3/c1-3-46-30(12-14-40-46)33(47)43-31(24-7-5-4-6-8-24)34(48)42-28-10-9-23(19-26(28)36)20-29(35(49)45-17-15-44(2)16-18-45)41-32-25-21-37-13-11-27(25)38-22-39-32/h9-14,19,21-22,24,29,31H,3-8,15-18,20H2,1-2H3,(H,42,48)(H,43,47)(H,38,39,41)/t29-,31+/m1/s1. The summed E-state index contributed by atoms with van der Waals surface area (Å²) in [6, 6.07) is 6.37. The van der Waals surface area contributed by atoms with Crippen LogP contribution in [0, 0.1) is 11.7 Å². The lowest BCUT2D eigenvalue weighted by Gasteiger charge is -2.35. The Balaban J connectivity index is 1.20. The highest BCUT2D eigenvalue weighted by Crippen LogP contribution is 2.28. The maximum atomic E-state index is 15.7. The third kappa shape index (κ3) is 8.02. The molecule has 2 fully saturated rings. The molecule has 3 N–H and O–H groups in total. The molecule has 0 unspecified atom stereocenters. The quantitative estimate of drug-likeness (QED) is 0.218. The van der Waals surface area contributed by atoms with Gasteiger partial charge in [-0.2, -0.15) is 5.10 Å². The zero-order chi connectivity index (χ0) is 34.3. The SMILES string of the molecule is CCn1nccc1C(=O)N[C@H](C(=O)Nc1ccc(C[C@@H](Nc2ncnc3ccncc23)C(=O)N2CCN(C)CC2)cc1F)C1CCCCC1. The van der Waals surface area contributed by atoms with E-state index in [2.05, 4.69) is 40.9 Å². The molecule has 3 aromatic heterocycles. The second-order valence-corrected chi connectivity index (χ2v) is 12.8. The number of nitrogens with zero attached hydrogens (tertiary/aromatic N) is 7. The average Bonchev–Trinajstić information content (AvgIpc) is 3.61. The summed E-state index contributed by atoms with van der Waals surface area (Å²) in [6.07, 6.45) is 11.0. The molecule has 0 radical (unpaired) electrons. The lowest BCUT2D eigenvalue weighted by molar-refractivity contribution is -0.133. The van der Waals surface area contributed by atoms with Crippen LogP contribution in [0.4, 0.5) is 15.9 Å². The number of hydrogen-bond donors (Lipinski definition) is 3. The minimum absolute atomic E-state index is 0.00480. The number of aromatic nitrogens is 5. The van der Waals surface area contributed by atoms with Crippen LogP contribution in [0.5, 0.6) is 0 Å². The lowest BCUT2D eigenvalue weighted by atomic mass is 9.83. The molecule has 2 aliphatic rings. The number of fused-ring (bicyclic) bond motifs is 1. The number of aryl methyl sites for hydroxylation is 1. The molecule has 3 amide bonds. The molecule has 6 rings (SSSR count). The predicted octanol–water partition coefficient (Wildman–Crippen LogP) is 3.49. The summed E-state index contributed by atoms with van der Waals surface area (Å²) in [6.45, 7) is 5.07. The zero-order valence-corrected chi connectivity index (χ0v) is 27.9. The average molecular weight is 671 g/mol. The van der Waals surface area contributed by atoms with Gasteiger partial charge in [0.15, 0.2) is 0 Å². The van der Waals surface area contributed by atoms with E-state index in [0.717, 1.165) is 45.2 Å². The Hall–Kier alpha value is -4.98. The van der Waals surface area contributed by atoms with Gasteiger partial charge in [-0.25, -0.2) is 14.4 Å². The number of benzene rings is 1. The second kappa shape index (κ2) is 15.5. The molecule has 0 bridgehead atoms. The van der Waals surface area contributed by atoms with E-state index in [-0.39, 0.29) is 23.9 Å². The largest absolute Gasteiger partial charge is 0.357 e. The van der Waals surface area contributed by atoms with Crippen molar-refractivity contribution in [3.05, 3.63) is 72.3 Å². The summed E-state index contributed by atoms with van der Waals surface area (Å²) in [5, 5.41) is 13.8. The van der Waals surface area contributed by atoms with Crippen molar-refractivity contribution < 1.29 is 18.8 Å². The lowest BCUT2D eigenvalue weighted by Crippen LogP contribution is -2.52.